The van der Waals surface area contributed by atoms with E-state index in [1.165, 1.54) is 22.7 Å². The number of imidazole rings is 1. The third-order valence-electron chi connectivity index (χ3n) is 7.02. The van der Waals surface area contributed by atoms with Crippen LogP contribution in [0.3, 0.4) is 0 Å². The Kier molecular flexibility index (Phi) is 10.7. The monoisotopic (exact) mass is 563 g/mol. The maximum Gasteiger partial charge on any atom is 0.281 e. The van der Waals surface area contributed by atoms with E-state index >= 15 is 0 Å². The molecule has 1 aromatic carbocycles. The lowest BCUT2D eigenvalue weighted by molar-refractivity contribution is -0.137. The number of amides is 1. The number of aryl methyl sites for hydroxylation is 1. The van der Waals surface area contributed by atoms with Crippen LogP contribution in [0.4, 0.5) is 0 Å². The van der Waals surface area contributed by atoms with E-state index in [0.29, 0.717) is 51.4 Å². The predicted molar refractivity (Wildman–Crippen MR) is 148 cm³/mol. The summed E-state index contributed by atoms with van der Waals surface area (Å²) in [6.45, 7) is 3.79. The summed E-state index contributed by atoms with van der Waals surface area (Å²) in [6, 6.07) is 7.66. The van der Waals surface area contributed by atoms with Crippen LogP contribution in [0.5, 0.6) is 5.75 Å². The van der Waals surface area contributed by atoms with Crippen LogP contribution < -0.4 is 4.74 Å². The lowest BCUT2D eigenvalue weighted by Gasteiger charge is -2.26. The molecule has 0 radical (unpaired) electrons. The van der Waals surface area contributed by atoms with E-state index in [2.05, 4.69) is 9.55 Å². The van der Waals surface area contributed by atoms with Gasteiger partial charge in [0.25, 0.3) is 10.2 Å². The minimum absolute atomic E-state index is 0.0153. The van der Waals surface area contributed by atoms with Crippen LogP contribution in [0.25, 0.3) is 11.4 Å². The number of fused-ring (bicyclic) bond motifs is 4. The van der Waals surface area contributed by atoms with Gasteiger partial charge in [-0.05, 0) is 44.2 Å². The molecule has 1 atom stereocenters. The van der Waals surface area contributed by atoms with E-state index in [1.54, 1.807) is 6.20 Å². The maximum atomic E-state index is 13.1. The summed E-state index contributed by atoms with van der Waals surface area (Å²) in [5.74, 6) is 1.42. The predicted octanol–water partition coefficient (Wildman–Crippen LogP) is 2.25. The summed E-state index contributed by atoms with van der Waals surface area (Å²) in [7, 11) is -0.557. The Bertz CT molecular complexity index is 1160. The molecule has 1 fully saturated rings. The number of nitrogens with zero attached hydrogens (tertiary/aromatic N) is 5. The van der Waals surface area contributed by atoms with Crippen molar-refractivity contribution in [3.8, 4) is 17.1 Å². The number of ether oxygens (including phenoxy) is 3. The molecule has 1 saturated heterocycles. The number of hydrogen-bond acceptors (Lipinski definition) is 7. The summed E-state index contributed by atoms with van der Waals surface area (Å²) in [6.07, 6.45) is 7.82. The first-order chi connectivity index (χ1) is 18.8. The summed E-state index contributed by atoms with van der Waals surface area (Å²) < 4.78 is 47.9. The third kappa shape index (κ3) is 8.24. The Morgan fingerprint density at radius 3 is 2.69 bits per heavy atom. The molecule has 0 saturated carbocycles. The largest absolute Gasteiger partial charge is 0.492 e. The number of carbonyl (C=O) groups is 1. The highest BCUT2D eigenvalue weighted by atomic mass is 32.2. The first-order valence-corrected chi connectivity index (χ1v) is 15.1. The molecule has 2 aliphatic rings. The van der Waals surface area contributed by atoms with E-state index in [4.69, 9.17) is 14.2 Å². The van der Waals surface area contributed by atoms with Gasteiger partial charge in [-0.15, -0.1) is 0 Å². The van der Waals surface area contributed by atoms with Crippen LogP contribution >= 0.6 is 0 Å². The quantitative estimate of drug-likeness (QED) is 0.531. The fourth-order valence-electron chi connectivity index (χ4n) is 4.84. The molecule has 1 amide bonds. The van der Waals surface area contributed by atoms with E-state index in [1.807, 2.05) is 35.4 Å². The molecule has 3 heterocycles. The first kappa shape index (κ1) is 29.5. The van der Waals surface area contributed by atoms with Crippen molar-refractivity contribution in [2.75, 3.05) is 66.7 Å². The standard InChI is InChI=1S/C27H41N5O6S/c1-29(2)39(34,35)32-15-4-3-12-30(26(33)22-36-21-25-10-6-18-37-25)13-7-14-31-16-11-28-27(31)23-8-5-9-24(20-23)38-19-17-32/h5,8-9,11,16,20,25H,3-4,6-7,10,12-15,17-19,21-22H2,1-2H3. The van der Waals surface area contributed by atoms with Gasteiger partial charge in [-0.1, -0.05) is 12.1 Å². The lowest BCUT2D eigenvalue weighted by Crippen LogP contribution is -2.43. The van der Waals surface area contributed by atoms with Crippen LogP contribution in [0.1, 0.15) is 32.1 Å². The van der Waals surface area contributed by atoms with Gasteiger partial charge < -0.3 is 23.7 Å². The Hall–Kier alpha value is -2.51. The van der Waals surface area contributed by atoms with Gasteiger partial charge in [-0.2, -0.15) is 17.0 Å². The molecule has 0 spiro atoms. The van der Waals surface area contributed by atoms with Crippen molar-refractivity contribution < 1.29 is 27.4 Å². The molecular formula is C27H41N5O6S. The van der Waals surface area contributed by atoms with Crippen molar-refractivity contribution in [2.45, 2.75) is 44.8 Å². The molecular weight excluding hydrogens is 522 g/mol. The van der Waals surface area contributed by atoms with Crippen molar-refractivity contribution in [3.05, 3.63) is 36.7 Å². The number of benzene rings is 1. The summed E-state index contributed by atoms with van der Waals surface area (Å²) in [5, 5.41) is 0. The average Bonchev–Trinajstić information content (AvgIpc) is 3.61. The second kappa shape index (κ2) is 14.2. The second-order valence-corrected chi connectivity index (χ2v) is 12.2. The molecule has 39 heavy (non-hydrogen) atoms. The number of aromatic nitrogens is 2. The fourth-order valence-corrected chi connectivity index (χ4v) is 5.97. The Morgan fingerprint density at radius 2 is 1.90 bits per heavy atom. The van der Waals surface area contributed by atoms with Crippen molar-refractivity contribution >= 4 is 16.1 Å². The molecule has 2 bridgehead atoms. The zero-order chi connectivity index (χ0) is 27.7. The van der Waals surface area contributed by atoms with Crippen molar-refractivity contribution in [1.29, 1.82) is 0 Å². The second-order valence-electron chi connectivity index (χ2n) is 10.1. The topological polar surface area (TPSA) is 106 Å². The number of hydrogen-bond donors (Lipinski definition) is 0. The van der Waals surface area contributed by atoms with Gasteiger partial charge in [0.1, 0.15) is 24.8 Å². The van der Waals surface area contributed by atoms with Crippen LogP contribution in [0.15, 0.2) is 36.7 Å². The molecule has 12 heteroatoms. The normalized spacial score (nSPS) is 20.4. The van der Waals surface area contributed by atoms with Crippen LogP contribution in [-0.2, 0) is 31.0 Å². The maximum absolute atomic E-state index is 13.1. The zero-order valence-electron chi connectivity index (χ0n) is 23.0. The minimum atomic E-state index is -3.62. The summed E-state index contributed by atoms with van der Waals surface area (Å²) in [5.41, 5.74) is 0.912. The molecule has 2 aromatic rings. The van der Waals surface area contributed by atoms with E-state index in [9.17, 15) is 13.2 Å². The molecule has 2 aliphatic heterocycles. The molecule has 0 aliphatic carbocycles. The summed E-state index contributed by atoms with van der Waals surface area (Å²) in [4.78, 5) is 19.5. The Balaban J connectivity index is 1.48. The number of carbonyl (C=O) groups excluding carboxylic acids is 1. The highest BCUT2D eigenvalue weighted by Crippen LogP contribution is 2.23. The van der Waals surface area contributed by atoms with Gasteiger partial charge in [-0.3, -0.25) is 4.79 Å². The molecule has 1 aromatic heterocycles. The SMILES string of the molecule is CN(C)S(=O)(=O)N1CCCCN(C(=O)COCC2CCCO2)CCCn2ccnc2-c2cccc(c2)OCC1. The molecule has 11 nitrogen and oxygen atoms in total. The van der Waals surface area contributed by atoms with Gasteiger partial charge in [0.2, 0.25) is 5.91 Å². The zero-order valence-corrected chi connectivity index (χ0v) is 23.9. The van der Waals surface area contributed by atoms with E-state index in [-0.39, 0.29) is 31.8 Å². The molecule has 216 valence electrons. The fraction of sp³-hybridized carbons (Fsp3) is 0.630. The molecule has 0 N–H and O–H groups in total. The molecule has 1 unspecified atom stereocenters. The van der Waals surface area contributed by atoms with Crippen molar-refractivity contribution in [2.24, 2.45) is 0 Å². The average molecular weight is 564 g/mol. The minimum Gasteiger partial charge on any atom is -0.492 e. The van der Waals surface area contributed by atoms with Crippen molar-refractivity contribution in [3.63, 3.8) is 0 Å². The van der Waals surface area contributed by atoms with Gasteiger partial charge in [0.15, 0.2) is 0 Å². The van der Waals surface area contributed by atoms with Crippen LogP contribution in [0.2, 0.25) is 0 Å². The lowest BCUT2D eigenvalue weighted by atomic mass is 10.2. The van der Waals surface area contributed by atoms with Gasteiger partial charge >= 0.3 is 0 Å². The van der Waals surface area contributed by atoms with E-state index in [0.717, 1.165) is 37.3 Å². The Labute approximate surface area is 231 Å². The Morgan fingerprint density at radius 1 is 1.08 bits per heavy atom. The summed E-state index contributed by atoms with van der Waals surface area (Å²) >= 11 is 0. The number of rotatable bonds is 6. The molecule has 4 rings (SSSR count). The van der Waals surface area contributed by atoms with Crippen LogP contribution in [0, 0.1) is 0 Å². The highest BCUT2D eigenvalue weighted by molar-refractivity contribution is 7.86. The smallest absolute Gasteiger partial charge is 0.281 e. The third-order valence-corrected chi connectivity index (χ3v) is 8.96. The van der Waals surface area contributed by atoms with Crippen molar-refractivity contribution in [1.82, 2.24) is 23.1 Å². The van der Waals surface area contributed by atoms with E-state index < -0.39 is 10.2 Å². The van der Waals surface area contributed by atoms with Gasteiger partial charge in [-0.25, -0.2) is 4.98 Å². The van der Waals surface area contributed by atoms with Crippen LogP contribution in [-0.4, -0.2) is 110 Å². The van der Waals surface area contributed by atoms with Gasteiger partial charge in [0.05, 0.1) is 12.7 Å². The first-order valence-electron chi connectivity index (χ1n) is 13.7. The van der Waals surface area contributed by atoms with Gasteiger partial charge in [0, 0.05) is 71.4 Å². The highest BCUT2D eigenvalue weighted by Gasteiger charge is 2.25.